The topological polar surface area (TPSA) is 40.6 Å². The van der Waals surface area contributed by atoms with E-state index in [0.717, 1.165) is 28.9 Å². The lowest BCUT2D eigenvalue weighted by Gasteiger charge is -2.26. The predicted octanol–water partition coefficient (Wildman–Crippen LogP) is 3.60. The van der Waals surface area contributed by atoms with Crippen LogP contribution in [0.5, 0.6) is 0 Å². The molecule has 2 aromatic rings. The average Bonchev–Trinajstić information content (AvgIpc) is 3.02. The first-order chi connectivity index (χ1) is 12.3. The molecule has 0 radical (unpaired) electrons. The van der Waals surface area contributed by atoms with Gasteiger partial charge in [0.15, 0.2) is 0 Å². The molecular weight excluding hydrogens is 324 g/mol. The van der Waals surface area contributed by atoms with Crippen LogP contribution in [0.3, 0.4) is 0 Å². The molecule has 134 valence electrons. The third-order valence-electron chi connectivity index (χ3n) is 5.67. The van der Waals surface area contributed by atoms with Crippen LogP contribution < -0.4 is 9.80 Å². The molecule has 0 unspecified atom stereocenters. The summed E-state index contributed by atoms with van der Waals surface area (Å²) in [5.41, 5.74) is 4.55. The van der Waals surface area contributed by atoms with E-state index in [9.17, 15) is 9.59 Å². The number of benzene rings is 2. The largest absolute Gasteiger partial charge is 0.307 e. The van der Waals surface area contributed by atoms with Crippen LogP contribution in [0.15, 0.2) is 42.5 Å². The van der Waals surface area contributed by atoms with Crippen LogP contribution in [0.4, 0.5) is 11.4 Å². The number of anilines is 2. The van der Waals surface area contributed by atoms with Crippen molar-refractivity contribution in [2.45, 2.75) is 45.6 Å². The number of amides is 2. The summed E-state index contributed by atoms with van der Waals surface area (Å²) in [7, 11) is 0. The summed E-state index contributed by atoms with van der Waals surface area (Å²) in [6.07, 6.45) is 0.858. The molecular formula is C22H24N2O2. The van der Waals surface area contributed by atoms with Gasteiger partial charge < -0.3 is 9.80 Å². The summed E-state index contributed by atoms with van der Waals surface area (Å²) < 4.78 is 0. The second kappa shape index (κ2) is 5.70. The second-order valence-corrected chi connectivity index (χ2v) is 7.98. The Balaban J connectivity index is 1.66. The molecule has 2 heterocycles. The molecule has 0 aromatic heterocycles. The third kappa shape index (κ3) is 2.36. The maximum Gasteiger partial charge on any atom is 0.247 e. The van der Waals surface area contributed by atoms with Crippen molar-refractivity contribution in [2.75, 3.05) is 16.3 Å². The van der Waals surface area contributed by atoms with Crippen LogP contribution in [-0.4, -0.2) is 24.4 Å². The monoisotopic (exact) mass is 348 g/mol. The Morgan fingerprint density at radius 3 is 2.65 bits per heavy atom. The van der Waals surface area contributed by atoms with Gasteiger partial charge in [-0.2, -0.15) is 0 Å². The Labute approximate surface area is 154 Å². The van der Waals surface area contributed by atoms with Crippen molar-refractivity contribution >= 4 is 23.2 Å². The van der Waals surface area contributed by atoms with E-state index in [2.05, 4.69) is 19.1 Å². The van der Waals surface area contributed by atoms with E-state index in [4.69, 9.17) is 0 Å². The molecule has 1 atom stereocenters. The second-order valence-electron chi connectivity index (χ2n) is 7.98. The smallest absolute Gasteiger partial charge is 0.247 e. The molecule has 2 amide bonds. The third-order valence-corrected chi connectivity index (χ3v) is 5.67. The SMILES string of the molecule is Cc1ccc2c(c1)C(C)(C)C(=O)N2CC(=O)N1c2ccccc2C[C@H]1C. The van der Waals surface area contributed by atoms with Gasteiger partial charge in [0, 0.05) is 17.4 Å². The molecule has 0 aliphatic carbocycles. The molecule has 0 N–H and O–H groups in total. The number of nitrogens with zero attached hydrogens (tertiary/aromatic N) is 2. The number of fused-ring (bicyclic) bond motifs is 2. The lowest BCUT2D eigenvalue weighted by atomic mass is 9.85. The standard InChI is InChI=1S/C22H24N2O2/c1-14-9-10-19-17(11-14)22(3,4)21(26)23(19)13-20(25)24-15(2)12-16-7-5-6-8-18(16)24/h5-11,15H,12-13H2,1-4H3/t15-/m1/s1. The van der Waals surface area contributed by atoms with Gasteiger partial charge in [-0.1, -0.05) is 35.9 Å². The van der Waals surface area contributed by atoms with Crippen LogP contribution in [-0.2, 0) is 21.4 Å². The van der Waals surface area contributed by atoms with E-state index in [-0.39, 0.29) is 24.4 Å². The highest BCUT2D eigenvalue weighted by molar-refractivity contribution is 6.12. The highest BCUT2D eigenvalue weighted by Gasteiger charge is 2.45. The van der Waals surface area contributed by atoms with Gasteiger partial charge in [0.1, 0.15) is 6.54 Å². The van der Waals surface area contributed by atoms with Gasteiger partial charge in [0.25, 0.3) is 0 Å². The first-order valence-corrected chi connectivity index (χ1v) is 9.14. The van der Waals surface area contributed by atoms with Gasteiger partial charge in [-0.05, 0) is 57.4 Å². The Kier molecular flexibility index (Phi) is 3.69. The minimum atomic E-state index is -0.601. The highest BCUT2D eigenvalue weighted by Crippen LogP contribution is 2.42. The van der Waals surface area contributed by atoms with Gasteiger partial charge in [-0.3, -0.25) is 9.59 Å². The fraction of sp³-hybridized carbons (Fsp3) is 0.364. The van der Waals surface area contributed by atoms with E-state index in [1.54, 1.807) is 4.90 Å². The number of hydrogen-bond acceptors (Lipinski definition) is 2. The summed E-state index contributed by atoms with van der Waals surface area (Å²) in [5, 5.41) is 0. The van der Waals surface area contributed by atoms with Crippen LogP contribution in [0.25, 0.3) is 0 Å². The molecule has 2 aromatic carbocycles. The van der Waals surface area contributed by atoms with E-state index in [1.165, 1.54) is 5.56 Å². The molecule has 4 rings (SSSR count). The number of rotatable bonds is 2. The molecule has 4 nitrogen and oxygen atoms in total. The Morgan fingerprint density at radius 1 is 1.15 bits per heavy atom. The van der Waals surface area contributed by atoms with Crippen molar-refractivity contribution in [1.82, 2.24) is 0 Å². The fourth-order valence-corrected chi connectivity index (χ4v) is 4.26. The molecule has 0 saturated carbocycles. The predicted molar refractivity (Wildman–Crippen MR) is 104 cm³/mol. The summed E-state index contributed by atoms with van der Waals surface area (Å²) in [6.45, 7) is 8.04. The van der Waals surface area contributed by atoms with Crippen LogP contribution in [0.1, 0.15) is 37.5 Å². The molecule has 2 aliphatic heterocycles. The summed E-state index contributed by atoms with van der Waals surface area (Å²) in [5.74, 6) is -0.0355. The van der Waals surface area contributed by atoms with Crippen molar-refractivity contribution in [1.29, 1.82) is 0 Å². The zero-order valence-corrected chi connectivity index (χ0v) is 15.7. The van der Waals surface area contributed by atoms with Crippen molar-refractivity contribution < 1.29 is 9.59 Å². The molecule has 0 saturated heterocycles. The molecule has 26 heavy (non-hydrogen) atoms. The zero-order chi connectivity index (χ0) is 18.6. The van der Waals surface area contributed by atoms with E-state index >= 15 is 0 Å². The van der Waals surface area contributed by atoms with Crippen LogP contribution in [0.2, 0.25) is 0 Å². The van der Waals surface area contributed by atoms with E-state index < -0.39 is 5.41 Å². The number of aryl methyl sites for hydroxylation is 1. The van der Waals surface area contributed by atoms with Crippen molar-refractivity contribution in [2.24, 2.45) is 0 Å². The van der Waals surface area contributed by atoms with E-state index in [0.29, 0.717) is 0 Å². The molecule has 0 fully saturated rings. The van der Waals surface area contributed by atoms with Gasteiger partial charge >= 0.3 is 0 Å². The first-order valence-electron chi connectivity index (χ1n) is 9.14. The summed E-state index contributed by atoms with van der Waals surface area (Å²) in [6, 6.07) is 14.2. The lowest BCUT2D eigenvalue weighted by Crippen LogP contribution is -2.46. The molecule has 2 aliphatic rings. The minimum absolute atomic E-state index is 0.00779. The quantitative estimate of drug-likeness (QED) is 0.832. The number of para-hydroxylation sites is 1. The zero-order valence-electron chi connectivity index (χ0n) is 15.7. The highest BCUT2D eigenvalue weighted by atomic mass is 16.2. The van der Waals surface area contributed by atoms with Crippen LogP contribution >= 0.6 is 0 Å². The maximum absolute atomic E-state index is 13.1. The van der Waals surface area contributed by atoms with Crippen molar-refractivity contribution in [3.63, 3.8) is 0 Å². The van der Waals surface area contributed by atoms with E-state index in [1.807, 2.05) is 56.0 Å². The van der Waals surface area contributed by atoms with Gasteiger partial charge in [0.2, 0.25) is 11.8 Å². The Bertz CT molecular complexity index is 916. The molecule has 4 heteroatoms. The maximum atomic E-state index is 13.1. The molecule has 0 spiro atoms. The number of carbonyl (C=O) groups excluding carboxylic acids is 2. The van der Waals surface area contributed by atoms with Crippen molar-refractivity contribution in [3.8, 4) is 0 Å². The molecule has 0 bridgehead atoms. The lowest BCUT2D eigenvalue weighted by molar-refractivity contribution is -0.124. The Hall–Kier alpha value is -2.62. The Morgan fingerprint density at radius 2 is 1.88 bits per heavy atom. The van der Waals surface area contributed by atoms with Crippen LogP contribution in [0, 0.1) is 6.92 Å². The minimum Gasteiger partial charge on any atom is -0.307 e. The van der Waals surface area contributed by atoms with Crippen molar-refractivity contribution in [3.05, 3.63) is 59.2 Å². The normalized spacial score (nSPS) is 20.3. The van der Waals surface area contributed by atoms with Gasteiger partial charge in [0.05, 0.1) is 5.41 Å². The summed E-state index contributed by atoms with van der Waals surface area (Å²) >= 11 is 0. The summed E-state index contributed by atoms with van der Waals surface area (Å²) in [4.78, 5) is 29.7. The average molecular weight is 348 g/mol. The van der Waals surface area contributed by atoms with Gasteiger partial charge in [-0.15, -0.1) is 0 Å². The van der Waals surface area contributed by atoms with Gasteiger partial charge in [-0.25, -0.2) is 0 Å². The first kappa shape index (κ1) is 16.8. The number of hydrogen-bond donors (Lipinski definition) is 0. The fourth-order valence-electron chi connectivity index (χ4n) is 4.26. The number of carbonyl (C=O) groups is 2.